The average Bonchev–Trinajstić information content (AvgIpc) is 2.28. The van der Waals surface area contributed by atoms with Crippen LogP contribution in [0.4, 0.5) is 5.69 Å². The van der Waals surface area contributed by atoms with Crippen molar-refractivity contribution in [2.45, 2.75) is 0 Å². The number of nitrogens with zero attached hydrogens (tertiary/aromatic N) is 1. The van der Waals surface area contributed by atoms with Gasteiger partial charge in [0.05, 0.1) is 17.6 Å². The average molecular weight is 286 g/mol. The van der Waals surface area contributed by atoms with Gasteiger partial charge in [-0.2, -0.15) is 0 Å². The number of hydrogen-bond donors (Lipinski definition) is 0. The van der Waals surface area contributed by atoms with Gasteiger partial charge in [0.25, 0.3) is 5.69 Å². The number of rotatable bonds is 3. The summed E-state index contributed by atoms with van der Waals surface area (Å²) in [6, 6.07) is 6.11. The number of methoxy groups -OCH3 is 1. The van der Waals surface area contributed by atoms with Crippen molar-refractivity contribution in [3.63, 3.8) is 0 Å². The van der Waals surface area contributed by atoms with Crippen molar-refractivity contribution in [1.29, 1.82) is 0 Å². The molecule has 0 atom stereocenters. The largest absolute Gasteiger partial charge is 0.465 e. The zero-order chi connectivity index (χ0) is 12.1. The van der Waals surface area contributed by atoms with E-state index in [0.717, 1.165) is 0 Å². The molecular weight excluding hydrogens is 278 g/mol. The highest BCUT2D eigenvalue weighted by Gasteiger charge is 2.13. The van der Waals surface area contributed by atoms with Crippen LogP contribution in [0.1, 0.15) is 5.56 Å². The molecule has 0 fully saturated rings. The van der Waals surface area contributed by atoms with E-state index < -0.39 is 10.9 Å². The minimum absolute atomic E-state index is 0.0663. The molecule has 0 bridgehead atoms. The maximum absolute atomic E-state index is 11.1. The Balaban J connectivity index is 3.14. The number of halogens is 1. The van der Waals surface area contributed by atoms with Gasteiger partial charge >= 0.3 is 5.97 Å². The number of carbonyl (C=O) groups is 1. The molecule has 0 saturated carbocycles. The summed E-state index contributed by atoms with van der Waals surface area (Å²) in [5.41, 5.74) is 0.271. The Morgan fingerprint density at radius 2 is 2.12 bits per heavy atom. The second-order valence-corrected chi connectivity index (χ2v) is 3.65. The smallest absolute Gasteiger partial charge is 0.344 e. The highest BCUT2D eigenvalue weighted by Crippen LogP contribution is 2.22. The summed E-state index contributed by atoms with van der Waals surface area (Å²) < 4.78 is 4.59. The molecule has 1 aromatic rings. The topological polar surface area (TPSA) is 69.4 Å². The van der Waals surface area contributed by atoms with E-state index in [-0.39, 0.29) is 10.2 Å². The summed E-state index contributed by atoms with van der Waals surface area (Å²) >= 11 is 2.99. The molecule has 0 aromatic heterocycles. The first-order valence-electron chi connectivity index (χ1n) is 4.25. The summed E-state index contributed by atoms with van der Waals surface area (Å²) in [4.78, 5) is 21.3. The molecule has 0 radical (unpaired) electrons. The van der Waals surface area contributed by atoms with Gasteiger partial charge in [0.1, 0.15) is 4.48 Å². The molecule has 0 aliphatic carbocycles. The van der Waals surface area contributed by atoms with Gasteiger partial charge in [-0.1, -0.05) is 12.1 Å². The lowest BCUT2D eigenvalue weighted by atomic mass is 10.1. The number of ether oxygens (including phenoxy) is 1. The van der Waals surface area contributed by atoms with Crippen LogP contribution in [0.3, 0.4) is 0 Å². The summed E-state index contributed by atoms with van der Waals surface area (Å²) in [6.45, 7) is 0. The van der Waals surface area contributed by atoms with Crippen LogP contribution in [0.2, 0.25) is 0 Å². The van der Waals surface area contributed by atoms with Crippen LogP contribution in [0.25, 0.3) is 6.08 Å². The lowest BCUT2D eigenvalue weighted by molar-refractivity contribution is -0.385. The highest BCUT2D eigenvalue weighted by molar-refractivity contribution is 9.12. The Hall–Kier alpha value is -1.69. The molecule has 0 saturated heterocycles. The lowest BCUT2D eigenvalue weighted by Gasteiger charge is -1.99. The molecular formula is C10H8BrNO4. The highest BCUT2D eigenvalue weighted by atomic mass is 79.9. The van der Waals surface area contributed by atoms with Gasteiger partial charge in [-0.3, -0.25) is 10.1 Å². The number of esters is 1. The van der Waals surface area contributed by atoms with E-state index in [4.69, 9.17) is 0 Å². The third kappa shape index (κ3) is 2.90. The van der Waals surface area contributed by atoms with Crippen molar-refractivity contribution in [1.82, 2.24) is 0 Å². The molecule has 0 N–H and O–H groups in total. The minimum Gasteiger partial charge on any atom is -0.465 e. The molecule has 0 aliphatic rings. The first-order valence-corrected chi connectivity index (χ1v) is 5.04. The van der Waals surface area contributed by atoms with Gasteiger partial charge in [0, 0.05) is 6.07 Å². The molecule has 84 valence electrons. The fourth-order valence-corrected chi connectivity index (χ4v) is 1.48. The standard InChI is InChI=1S/C10H8BrNO4/c1-16-10(13)8(11)6-7-4-2-3-5-9(7)12(14)15/h2-6H,1H3/b8-6-. The van der Waals surface area contributed by atoms with Crippen LogP contribution in [-0.2, 0) is 9.53 Å². The lowest BCUT2D eigenvalue weighted by Crippen LogP contribution is -1.99. The molecule has 1 rings (SSSR count). The molecule has 1 aromatic carbocycles. The van der Waals surface area contributed by atoms with Crippen LogP contribution in [0.15, 0.2) is 28.7 Å². The van der Waals surface area contributed by atoms with E-state index in [1.165, 1.54) is 19.3 Å². The van der Waals surface area contributed by atoms with Crippen molar-refractivity contribution in [2.75, 3.05) is 7.11 Å². The SMILES string of the molecule is COC(=O)/C(Br)=C/c1ccccc1[N+](=O)[O-]. The maximum Gasteiger partial charge on any atom is 0.344 e. The van der Waals surface area contributed by atoms with Crippen molar-refractivity contribution in [3.8, 4) is 0 Å². The van der Waals surface area contributed by atoms with E-state index in [1.54, 1.807) is 18.2 Å². The van der Waals surface area contributed by atoms with Crippen molar-refractivity contribution < 1.29 is 14.5 Å². The predicted octanol–water partition coefficient (Wildman–Crippen LogP) is 2.50. The molecule has 0 amide bonds. The molecule has 0 unspecified atom stereocenters. The van der Waals surface area contributed by atoms with Gasteiger partial charge in [-0.25, -0.2) is 4.79 Å². The molecule has 0 spiro atoms. The van der Waals surface area contributed by atoms with Crippen LogP contribution < -0.4 is 0 Å². The van der Waals surface area contributed by atoms with Gasteiger partial charge in [0.2, 0.25) is 0 Å². The van der Waals surface area contributed by atoms with Gasteiger partial charge in [-0.05, 0) is 28.1 Å². The van der Waals surface area contributed by atoms with Crippen molar-refractivity contribution >= 4 is 33.7 Å². The third-order valence-electron chi connectivity index (χ3n) is 1.80. The van der Waals surface area contributed by atoms with E-state index in [0.29, 0.717) is 5.56 Å². The van der Waals surface area contributed by atoms with Crippen LogP contribution in [0, 0.1) is 10.1 Å². The molecule has 0 heterocycles. The zero-order valence-electron chi connectivity index (χ0n) is 8.34. The fraction of sp³-hybridized carbons (Fsp3) is 0.100. The number of para-hydroxylation sites is 1. The van der Waals surface area contributed by atoms with Crippen LogP contribution >= 0.6 is 15.9 Å². The monoisotopic (exact) mass is 285 g/mol. The number of nitro groups is 1. The quantitative estimate of drug-likeness (QED) is 0.370. The van der Waals surface area contributed by atoms with Crippen LogP contribution in [0.5, 0.6) is 0 Å². The Morgan fingerprint density at radius 3 is 2.69 bits per heavy atom. The number of hydrogen-bond acceptors (Lipinski definition) is 4. The second kappa shape index (κ2) is 5.41. The van der Waals surface area contributed by atoms with Gasteiger partial charge < -0.3 is 4.74 Å². The first kappa shape index (κ1) is 12.4. The minimum atomic E-state index is -0.585. The number of nitro benzene ring substituents is 1. The van der Waals surface area contributed by atoms with E-state index in [2.05, 4.69) is 20.7 Å². The summed E-state index contributed by atoms with van der Waals surface area (Å²) in [6.07, 6.45) is 1.35. The molecule has 6 heteroatoms. The second-order valence-electron chi connectivity index (χ2n) is 2.80. The van der Waals surface area contributed by atoms with Crippen molar-refractivity contribution in [2.24, 2.45) is 0 Å². The summed E-state index contributed by atoms with van der Waals surface area (Å²) in [5, 5.41) is 10.7. The summed E-state index contributed by atoms with van der Waals surface area (Å²) in [5.74, 6) is -0.585. The zero-order valence-corrected chi connectivity index (χ0v) is 9.93. The van der Waals surface area contributed by atoms with E-state index >= 15 is 0 Å². The van der Waals surface area contributed by atoms with E-state index in [9.17, 15) is 14.9 Å². The van der Waals surface area contributed by atoms with Crippen molar-refractivity contribution in [3.05, 3.63) is 44.4 Å². The molecule has 16 heavy (non-hydrogen) atoms. The Labute approximate surface area is 100.0 Å². The maximum atomic E-state index is 11.1. The van der Waals surface area contributed by atoms with E-state index in [1.807, 2.05) is 0 Å². The normalized spacial score (nSPS) is 11.0. The van der Waals surface area contributed by atoms with Gasteiger partial charge in [0.15, 0.2) is 0 Å². The third-order valence-corrected chi connectivity index (χ3v) is 2.35. The Bertz CT molecular complexity index is 456. The van der Waals surface area contributed by atoms with Gasteiger partial charge in [-0.15, -0.1) is 0 Å². The predicted molar refractivity (Wildman–Crippen MR) is 62.0 cm³/mol. The number of benzene rings is 1. The molecule has 0 aliphatic heterocycles. The Morgan fingerprint density at radius 1 is 1.50 bits per heavy atom. The number of carbonyl (C=O) groups excluding carboxylic acids is 1. The first-order chi connectivity index (χ1) is 7.56. The molecule has 5 nitrogen and oxygen atoms in total. The fourth-order valence-electron chi connectivity index (χ4n) is 1.07. The summed E-state index contributed by atoms with van der Waals surface area (Å²) in [7, 11) is 1.23. The van der Waals surface area contributed by atoms with Crippen LogP contribution in [-0.4, -0.2) is 18.0 Å². The Kier molecular flexibility index (Phi) is 4.19.